The first-order valence-corrected chi connectivity index (χ1v) is 9.29. The third-order valence-electron chi connectivity index (χ3n) is 5.26. The van der Waals surface area contributed by atoms with E-state index in [0.717, 1.165) is 25.2 Å². The Morgan fingerprint density at radius 1 is 1.04 bits per heavy atom. The second kappa shape index (κ2) is 6.96. The molecule has 4 nitrogen and oxygen atoms in total. The van der Waals surface area contributed by atoms with Gasteiger partial charge >= 0.3 is 0 Å². The Hall–Kier alpha value is -2.59. The second-order valence-corrected chi connectivity index (χ2v) is 7.17. The molecule has 26 heavy (non-hydrogen) atoms. The van der Waals surface area contributed by atoms with Crippen molar-refractivity contribution >= 4 is 5.69 Å². The zero-order valence-corrected chi connectivity index (χ0v) is 15.7. The first-order chi connectivity index (χ1) is 12.6. The van der Waals surface area contributed by atoms with Crippen molar-refractivity contribution in [1.82, 2.24) is 15.1 Å². The Labute approximate surface area is 155 Å². The molecule has 4 heteroatoms. The standard InChI is InChI=1S/C22H26N4/c1-16(17-7-5-4-6-8-17)26-21-13-14-23-15-20(21)22(24-26)18-9-11-19(12-10-18)25(2)3/h4-12,16,23H,13-15H2,1-3H3. The van der Waals surface area contributed by atoms with Crippen LogP contribution in [-0.4, -0.2) is 30.4 Å². The molecule has 1 aromatic heterocycles. The summed E-state index contributed by atoms with van der Waals surface area (Å²) in [5.74, 6) is 0. The van der Waals surface area contributed by atoms with E-state index >= 15 is 0 Å². The summed E-state index contributed by atoms with van der Waals surface area (Å²) >= 11 is 0. The lowest BCUT2D eigenvalue weighted by Gasteiger charge is -2.20. The van der Waals surface area contributed by atoms with Crippen molar-refractivity contribution in [2.24, 2.45) is 0 Å². The molecule has 0 bridgehead atoms. The number of aromatic nitrogens is 2. The van der Waals surface area contributed by atoms with Crippen molar-refractivity contribution in [2.45, 2.75) is 25.9 Å². The van der Waals surface area contributed by atoms with E-state index in [1.807, 2.05) is 0 Å². The van der Waals surface area contributed by atoms with Crippen LogP contribution in [0, 0.1) is 0 Å². The van der Waals surface area contributed by atoms with Gasteiger partial charge in [-0.1, -0.05) is 42.5 Å². The molecule has 2 aromatic carbocycles. The first-order valence-electron chi connectivity index (χ1n) is 9.29. The van der Waals surface area contributed by atoms with E-state index in [-0.39, 0.29) is 6.04 Å². The highest BCUT2D eigenvalue weighted by atomic mass is 15.3. The smallest absolute Gasteiger partial charge is 0.0971 e. The minimum absolute atomic E-state index is 0.234. The predicted molar refractivity (Wildman–Crippen MR) is 108 cm³/mol. The minimum Gasteiger partial charge on any atom is -0.378 e. The number of rotatable bonds is 4. The van der Waals surface area contributed by atoms with Crippen molar-refractivity contribution in [2.75, 3.05) is 25.5 Å². The van der Waals surface area contributed by atoms with Crippen LogP contribution in [-0.2, 0) is 13.0 Å². The Morgan fingerprint density at radius 2 is 1.77 bits per heavy atom. The number of anilines is 1. The Bertz CT molecular complexity index is 879. The van der Waals surface area contributed by atoms with E-state index in [9.17, 15) is 0 Å². The van der Waals surface area contributed by atoms with Gasteiger partial charge in [0.25, 0.3) is 0 Å². The zero-order chi connectivity index (χ0) is 18.1. The summed E-state index contributed by atoms with van der Waals surface area (Å²) < 4.78 is 2.24. The van der Waals surface area contributed by atoms with E-state index in [2.05, 4.69) is 90.5 Å². The van der Waals surface area contributed by atoms with Crippen LogP contribution in [0.2, 0.25) is 0 Å². The van der Waals surface area contributed by atoms with Crippen molar-refractivity contribution < 1.29 is 0 Å². The van der Waals surface area contributed by atoms with Gasteiger partial charge in [-0.15, -0.1) is 0 Å². The first kappa shape index (κ1) is 16.9. The fraction of sp³-hybridized carbons (Fsp3) is 0.318. The van der Waals surface area contributed by atoms with E-state index in [4.69, 9.17) is 5.10 Å². The summed E-state index contributed by atoms with van der Waals surface area (Å²) in [5.41, 5.74) is 7.52. The molecule has 134 valence electrons. The fourth-order valence-electron chi connectivity index (χ4n) is 3.72. The average molecular weight is 346 g/mol. The molecule has 0 aliphatic carbocycles. The average Bonchev–Trinajstić information content (AvgIpc) is 3.08. The van der Waals surface area contributed by atoms with Gasteiger partial charge in [-0.2, -0.15) is 5.10 Å². The highest BCUT2D eigenvalue weighted by Gasteiger charge is 2.24. The molecule has 3 aromatic rings. The van der Waals surface area contributed by atoms with Crippen LogP contribution in [0.5, 0.6) is 0 Å². The van der Waals surface area contributed by atoms with Gasteiger partial charge in [0, 0.05) is 56.1 Å². The molecular weight excluding hydrogens is 320 g/mol. The quantitative estimate of drug-likeness (QED) is 0.778. The number of benzene rings is 2. The summed E-state index contributed by atoms with van der Waals surface area (Å²) in [5, 5.41) is 8.59. The van der Waals surface area contributed by atoms with Crippen LogP contribution in [0.15, 0.2) is 54.6 Å². The maximum Gasteiger partial charge on any atom is 0.0971 e. The van der Waals surface area contributed by atoms with E-state index < -0.39 is 0 Å². The number of hydrogen-bond donors (Lipinski definition) is 1. The fourth-order valence-corrected chi connectivity index (χ4v) is 3.72. The molecule has 0 saturated heterocycles. The lowest BCUT2D eigenvalue weighted by Crippen LogP contribution is -2.25. The molecule has 1 aliphatic rings. The number of hydrogen-bond acceptors (Lipinski definition) is 3. The minimum atomic E-state index is 0.234. The molecule has 0 radical (unpaired) electrons. The van der Waals surface area contributed by atoms with E-state index in [0.29, 0.717) is 0 Å². The third kappa shape index (κ3) is 3.01. The van der Waals surface area contributed by atoms with Crippen LogP contribution in [0.1, 0.15) is 29.8 Å². The van der Waals surface area contributed by atoms with Crippen molar-refractivity contribution in [3.63, 3.8) is 0 Å². The van der Waals surface area contributed by atoms with E-state index in [1.165, 1.54) is 28.1 Å². The van der Waals surface area contributed by atoms with Crippen LogP contribution in [0.3, 0.4) is 0 Å². The van der Waals surface area contributed by atoms with Crippen LogP contribution in [0.25, 0.3) is 11.3 Å². The normalized spacial score (nSPS) is 14.7. The largest absolute Gasteiger partial charge is 0.378 e. The summed E-state index contributed by atoms with van der Waals surface area (Å²) in [7, 11) is 4.13. The van der Waals surface area contributed by atoms with Gasteiger partial charge in [0.15, 0.2) is 0 Å². The van der Waals surface area contributed by atoms with E-state index in [1.54, 1.807) is 0 Å². The molecular formula is C22H26N4. The number of nitrogens with zero attached hydrogens (tertiary/aromatic N) is 3. The van der Waals surface area contributed by atoms with Crippen LogP contribution < -0.4 is 10.2 Å². The molecule has 1 unspecified atom stereocenters. The Balaban J connectivity index is 1.78. The van der Waals surface area contributed by atoms with Gasteiger partial charge in [0.05, 0.1) is 11.7 Å². The number of nitrogens with one attached hydrogen (secondary N) is 1. The maximum absolute atomic E-state index is 5.08. The monoisotopic (exact) mass is 346 g/mol. The molecule has 0 saturated carbocycles. The molecule has 4 rings (SSSR count). The predicted octanol–water partition coefficient (Wildman–Crippen LogP) is 3.87. The number of fused-ring (bicyclic) bond motifs is 1. The van der Waals surface area contributed by atoms with Gasteiger partial charge in [-0.05, 0) is 24.6 Å². The summed E-state index contributed by atoms with van der Waals surface area (Å²) in [6, 6.07) is 19.6. The van der Waals surface area contributed by atoms with Crippen LogP contribution in [0.4, 0.5) is 5.69 Å². The Morgan fingerprint density at radius 3 is 2.46 bits per heavy atom. The highest BCUT2D eigenvalue weighted by Crippen LogP contribution is 2.32. The summed E-state index contributed by atoms with van der Waals surface area (Å²) in [4.78, 5) is 2.12. The van der Waals surface area contributed by atoms with Crippen molar-refractivity contribution in [3.05, 3.63) is 71.4 Å². The molecule has 0 amide bonds. The van der Waals surface area contributed by atoms with Crippen molar-refractivity contribution in [1.29, 1.82) is 0 Å². The van der Waals surface area contributed by atoms with Gasteiger partial charge in [-0.3, -0.25) is 4.68 Å². The zero-order valence-electron chi connectivity index (χ0n) is 15.7. The SMILES string of the molecule is CC(c1ccccc1)n1nc(-c2ccc(N(C)C)cc2)c2c1CCNC2. The topological polar surface area (TPSA) is 33.1 Å². The lowest BCUT2D eigenvalue weighted by molar-refractivity contribution is 0.517. The molecule has 0 spiro atoms. The maximum atomic E-state index is 5.08. The molecule has 1 N–H and O–H groups in total. The van der Waals surface area contributed by atoms with Gasteiger partial charge < -0.3 is 10.2 Å². The molecule has 0 fully saturated rings. The summed E-state index contributed by atoms with van der Waals surface area (Å²) in [6.45, 7) is 4.14. The van der Waals surface area contributed by atoms with Gasteiger partial charge in [0.2, 0.25) is 0 Å². The van der Waals surface area contributed by atoms with Gasteiger partial charge in [-0.25, -0.2) is 0 Å². The molecule has 1 atom stereocenters. The Kier molecular flexibility index (Phi) is 4.51. The third-order valence-corrected chi connectivity index (χ3v) is 5.26. The van der Waals surface area contributed by atoms with Crippen molar-refractivity contribution in [3.8, 4) is 11.3 Å². The van der Waals surface area contributed by atoms with Gasteiger partial charge in [0.1, 0.15) is 0 Å². The highest BCUT2D eigenvalue weighted by molar-refractivity contribution is 5.67. The second-order valence-electron chi connectivity index (χ2n) is 7.17. The van der Waals surface area contributed by atoms with Crippen LogP contribution >= 0.6 is 0 Å². The molecule has 2 heterocycles. The molecule has 1 aliphatic heterocycles. The summed E-state index contributed by atoms with van der Waals surface area (Å²) in [6.07, 6.45) is 1.02. The lowest BCUT2D eigenvalue weighted by atomic mass is 10.0.